The van der Waals surface area contributed by atoms with Gasteiger partial charge in [-0.2, -0.15) is 0 Å². The molecule has 0 saturated carbocycles. The molecule has 224 valence electrons. The Bertz CT molecular complexity index is 1520. The highest BCUT2D eigenvalue weighted by molar-refractivity contribution is 7.27. The van der Waals surface area contributed by atoms with Gasteiger partial charge in [0.1, 0.15) is 11.0 Å². The predicted molar refractivity (Wildman–Crippen MR) is 191 cm³/mol. The predicted octanol–water partition coefficient (Wildman–Crippen LogP) is 13.2. The van der Waals surface area contributed by atoms with E-state index < -0.39 is 0 Å². The van der Waals surface area contributed by atoms with E-state index in [0.29, 0.717) is 0 Å². The minimum atomic E-state index is 1.04. The molecule has 0 fully saturated rings. The molecule has 0 bridgehead atoms. The van der Waals surface area contributed by atoms with Crippen LogP contribution >= 0.6 is 45.3 Å². The fourth-order valence-electron chi connectivity index (χ4n) is 5.78. The van der Waals surface area contributed by atoms with Crippen molar-refractivity contribution in [1.82, 2.24) is 9.97 Å². The number of aromatic nitrogens is 2. The number of hydrogen-bond donors (Lipinski definition) is 0. The minimum Gasteiger partial charge on any atom is -0.251 e. The summed E-state index contributed by atoms with van der Waals surface area (Å²) in [5, 5.41) is 6.80. The van der Waals surface area contributed by atoms with E-state index in [1.165, 1.54) is 118 Å². The second-order valence-electron chi connectivity index (χ2n) is 11.5. The van der Waals surface area contributed by atoms with Crippen LogP contribution in [0.3, 0.4) is 0 Å². The number of thiophene rings is 4. The molecule has 0 aromatic carbocycles. The summed E-state index contributed by atoms with van der Waals surface area (Å²) >= 11 is 7.52. The molecule has 5 heterocycles. The summed E-state index contributed by atoms with van der Waals surface area (Å²) in [6.45, 7) is 6.86. The van der Waals surface area contributed by atoms with Crippen LogP contribution in [0.1, 0.15) is 115 Å². The van der Waals surface area contributed by atoms with Crippen molar-refractivity contribution in [2.45, 2.75) is 117 Å². The summed E-state index contributed by atoms with van der Waals surface area (Å²) in [6, 6.07) is 7.01. The number of nitrogens with zero attached hydrogens (tertiary/aromatic N) is 2. The van der Waals surface area contributed by atoms with Gasteiger partial charge in [0.25, 0.3) is 0 Å². The van der Waals surface area contributed by atoms with E-state index in [4.69, 9.17) is 9.97 Å². The first-order valence-electron chi connectivity index (χ1n) is 16.2. The SMILES string of the molecule is CCCCCCc1ccsc1-c1cnc2c(-c3sccc3CCCCCC)sc(-c3sccc3CCCCCC)c2n1. The van der Waals surface area contributed by atoms with E-state index in [-0.39, 0.29) is 0 Å². The van der Waals surface area contributed by atoms with Gasteiger partial charge >= 0.3 is 0 Å². The van der Waals surface area contributed by atoms with Crippen LogP contribution in [0.15, 0.2) is 40.5 Å². The number of aryl methyl sites for hydroxylation is 3. The Morgan fingerprint density at radius 2 is 0.952 bits per heavy atom. The van der Waals surface area contributed by atoms with Crippen molar-refractivity contribution in [3.05, 3.63) is 57.2 Å². The van der Waals surface area contributed by atoms with E-state index in [2.05, 4.69) is 61.3 Å². The molecule has 0 aliphatic carbocycles. The topological polar surface area (TPSA) is 25.8 Å². The van der Waals surface area contributed by atoms with Crippen molar-refractivity contribution < 1.29 is 0 Å². The Labute approximate surface area is 269 Å². The average molecular weight is 635 g/mol. The molecular weight excluding hydrogens is 589 g/mol. The first-order chi connectivity index (χ1) is 20.7. The van der Waals surface area contributed by atoms with E-state index in [1.54, 1.807) is 0 Å². The summed E-state index contributed by atoms with van der Waals surface area (Å²) < 4.78 is 0. The zero-order valence-corrected chi connectivity index (χ0v) is 28.9. The molecule has 0 aliphatic rings. The quantitative estimate of drug-likeness (QED) is 0.0896. The smallest absolute Gasteiger partial charge is 0.110 e. The first kappa shape index (κ1) is 31.6. The molecule has 5 aromatic heterocycles. The maximum atomic E-state index is 5.45. The van der Waals surface area contributed by atoms with Gasteiger partial charge in [-0.25, -0.2) is 4.98 Å². The van der Waals surface area contributed by atoms with Crippen LogP contribution in [-0.2, 0) is 19.3 Å². The van der Waals surface area contributed by atoms with Gasteiger partial charge in [-0.1, -0.05) is 78.6 Å². The lowest BCUT2D eigenvalue weighted by Gasteiger charge is -2.06. The second kappa shape index (κ2) is 16.3. The molecule has 0 saturated heterocycles. The van der Waals surface area contributed by atoms with Gasteiger partial charge in [-0.05, 0) is 89.6 Å². The number of rotatable bonds is 18. The molecule has 6 heteroatoms. The first-order valence-corrected chi connectivity index (χ1v) is 19.7. The fraction of sp³-hybridized carbons (Fsp3) is 0.500. The van der Waals surface area contributed by atoms with E-state index in [9.17, 15) is 0 Å². The number of unbranched alkanes of at least 4 members (excludes halogenated alkanes) is 9. The molecule has 42 heavy (non-hydrogen) atoms. The molecule has 0 amide bonds. The largest absolute Gasteiger partial charge is 0.251 e. The zero-order chi connectivity index (χ0) is 29.1. The van der Waals surface area contributed by atoms with E-state index in [1.807, 2.05) is 45.3 Å². The number of hydrogen-bond acceptors (Lipinski definition) is 6. The second-order valence-corrected chi connectivity index (χ2v) is 15.2. The molecule has 0 atom stereocenters. The summed E-state index contributed by atoms with van der Waals surface area (Å²) in [7, 11) is 0. The average Bonchev–Trinajstić information content (AvgIpc) is 3.82. The molecule has 2 nitrogen and oxygen atoms in total. The Kier molecular flexibility index (Phi) is 12.2. The van der Waals surface area contributed by atoms with Gasteiger partial charge in [0.05, 0.1) is 26.5 Å². The zero-order valence-electron chi connectivity index (χ0n) is 25.7. The molecular formula is C36H46N2S4. The third-order valence-electron chi connectivity index (χ3n) is 8.19. The van der Waals surface area contributed by atoms with Crippen molar-refractivity contribution in [1.29, 1.82) is 0 Å². The van der Waals surface area contributed by atoms with Crippen LogP contribution in [0.25, 0.3) is 41.1 Å². The van der Waals surface area contributed by atoms with Gasteiger partial charge in [0.2, 0.25) is 0 Å². The fourth-order valence-corrected chi connectivity index (χ4v) is 10.1. The monoisotopic (exact) mass is 634 g/mol. The Morgan fingerprint density at radius 3 is 1.45 bits per heavy atom. The third kappa shape index (κ3) is 7.61. The van der Waals surface area contributed by atoms with Crippen molar-refractivity contribution in [2.24, 2.45) is 0 Å². The lowest BCUT2D eigenvalue weighted by atomic mass is 10.1. The van der Waals surface area contributed by atoms with E-state index in [0.717, 1.165) is 36.0 Å². The van der Waals surface area contributed by atoms with Crippen molar-refractivity contribution in [2.75, 3.05) is 0 Å². The highest BCUT2D eigenvalue weighted by Crippen LogP contribution is 2.48. The molecule has 5 rings (SSSR count). The normalized spacial score (nSPS) is 11.7. The van der Waals surface area contributed by atoms with E-state index >= 15 is 0 Å². The van der Waals surface area contributed by atoms with Gasteiger partial charge < -0.3 is 0 Å². The Balaban J connectivity index is 1.54. The molecule has 0 unspecified atom stereocenters. The molecule has 5 aromatic rings. The summed E-state index contributed by atoms with van der Waals surface area (Å²) in [6.07, 6.45) is 21.0. The molecule has 0 spiro atoms. The third-order valence-corrected chi connectivity index (χ3v) is 12.6. The highest BCUT2D eigenvalue weighted by Gasteiger charge is 2.23. The molecule has 0 radical (unpaired) electrons. The Hall–Kier alpha value is -1.86. The summed E-state index contributed by atoms with van der Waals surface area (Å²) in [5.74, 6) is 0. The van der Waals surface area contributed by atoms with Crippen LogP contribution in [0.2, 0.25) is 0 Å². The molecule has 0 aliphatic heterocycles. The summed E-state index contributed by atoms with van der Waals surface area (Å²) in [5.41, 5.74) is 7.62. The lowest BCUT2D eigenvalue weighted by molar-refractivity contribution is 0.668. The van der Waals surface area contributed by atoms with Crippen molar-refractivity contribution in [3.63, 3.8) is 0 Å². The van der Waals surface area contributed by atoms with Crippen LogP contribution in [0.5, 0.6) is 0 Å². The van der Waals surface area contributed by atoms with Crippen LogP contribution < -0.4 is 0 Å². The Morgan fingerprint density at radius 1 is 0.500 bits per heavy atom. The van der Waals surface area contributed by atoms with Crippen LogP contribution in [0, 0.1) is 0 Å². The van der Waals surface area contributed by atoms with Gasteiger partial charge in [-0.3, -0.25) is 4.98 Å². The van der Waals surface area contributed by atoms with Gasteiger partial charge in [0.15, 0.2) is 0 Å². The van der Waals surface area contributed by atoms with Crippen molar-refractivity contribution in [3.8, 4) is 30.1 Å². The maximum absolute atomic E-state index is 5.45. The van der Waals surface area contributed by atoms with Crippen LogP contribution in [0.4, 0.5) is 0 Å². The standard InChI is InChI=1S/C36H46N2S4/c1-4-7-10-13-16-26-19-22-39-32(26)29-25-37-30-31(38-29)36(34-28(21-24-41-34)18-15-12-9-6-3)42-35(30)33-27(20-23-40-33)17-14-11-8-5-2/h19-25H,4-18H2,1-3H3. The minimum absolute atomic E-state index is 1.04. The molecule has 0 N–H and O–H groups in total. The highest BCUT2D eigenvalue weighted by atomic mass is 32.1. The summed E-state index contributed by atoms with van der Waals surface area (Å²) in [4.78, 5) is 17.4. The number of fused-ring (bicyclic) bond motifs is 1. The lowest BCUT2D eigenvalue weighted by Crippen LogP contribution is -1.92. The van der Waals surface area contributed by atoms with Gasteiger partial charge in [0, 0.05) is 9.75 Å². The van der Waals surface area contributed by atoms with Gasteiger partial charge in [-0.15, -0.1) is 45.3 Å². The van der Waals surface area contributed by atoms with Crippen molar-refractivity contribution >= 4 is 56.4 Å². The van der Waals surface area contributed by atoms with Crippen LogP contribution in [-0.4, -0.2) is 9.97 Å². The maximum Gasteiger partial charge on any atom is 0.110 e.